The van der Waals surface area contributed by atoms with Crippen molar-refractivity contribution in [2.45, 2.75) is 12.8 Å². The number of aliphatic imine (C=N–C) groups is 1. The molecule has 0 aromatic heterocycles. The molecular formula is C22H18ClFN4O. The molecule has 1 heterocycles. The van der Waals surface area contributed by atoms with Gasteiger partial charge in [0.1, 0.15) is 5.82 Å². The summed E-state index contributed by atoms with van der Waals surface area (Å²) in [4.78, 5) is 18.2. The van der Waals surface area contributed by atoms with Crippen molar-refractivity contribution in [3.05, 3.63) is 89.2 Å². The van der Waals surface area contributed by atoms with Gasteiger partial charge < -0.3 is 5.32 Å². The highest BCUT2D eigenvalue weighted by Gasteiger charge is 2.21. The molecule has 0 bridgehead atoms. The first-order chi connectivity index (χ1) is 14.1. The van der Waals surface area contributed by atoms with Crippen LogP contribution in [0.25, 0.3) is 11.1 Å². The van der Waals surface area contributed by atoms with Crippen LogP contribution in [-0.4, -0.2) is 23.6 Å². The first-order valence-corrected chi connectivity index (χ1v) is 9.42. The summed E-state index contributed by atoms with van der Waals surface area (Å²) in [6.07, 6.45) is 0.971. The van der Waals surface area contributed by atoms with E-state index in [0.29, 0.717) is 11.6 Å². The zero-order valence-electron chi connectivity index (χ0n) is 15.3. The fourth-order valence-electron chi connectivity index (χ4n) is 2.97. The standard InChI is InChI=1S/C22H18ClFN4O/c23-18-7-1-15(2-8-18)13-28-14-25-21(27-22(28)29)26-20-11-5-17(6-12-20)16-3-9-19(24)10-4-16/h1-12,14,21,26H,13H2,(H,27,29). The van der Waals surface area contributed by atoms with Gasteiger partial charge in [0.25, 0.3) is 0 Å². The van der Waals surface area contributed by atoms with E-state index in [4.69, 9.17) is 11.6 Å². The van der Waals surface area contributed by atoms with Gasteiger partial charge in [0.15, 0.2) is 6.29 Å². The summed E-state index contributed by atoms with van der Waals surface area (Å²) in [6, 6.07) is 21.0. The number of benzene rings is 3. The first kappa shape index (κ1) is 19.0. The zero-order valence-corrected chi connectivity index (χ0v) is 16.1. The van der Waals surface area contributed by atoms with Crippen LogP contribution >= 0.6 is 11.6 Å². The monoisotopic (exact) mass is 408 g/mol. The molecule has 146 valence electrons. The molecule has 0 radical (unpaired) electrons. The van der Waals surface area contributed by atoms with Crippen molar-refractivity contribution in [1.29, 1.82) is 0 Å². The molecule has 0 saturated heterocycles. The third kappa shape index (κ3) is 4.73. The quantitative estimate of drug-likeness (QED) is 0.617. The number of hydrogen-bond acceptors (Lipinski definition) is 3. The maximum absolute atomic E-state index is 13.1. The van der Waals surface area contributed by atoms with Crippen LogP contribution in [0.15, 0.2) is 77.8 Å². The second-order valence-electron chi connectivity index (χ2n) is 6.60. The number of urea groups is 1. The van der Waals surface area contributed by atoms with Crippen molar-refractivity contribution in [3.63, 3.8) is 0 Å². The van der Waals surface area contributed by atoms with Crippen molar-refractivity contribution in [2.24, 2.45) is 4.99 Å². The number of nitrogens with zero attached hydrogens (tertiary/aromatic N) is 2. The molecule has 1 aliphatic rings. The van der Waals surface area contributed by atoms with Gasteiger partial charge in [-0.1, -0.05) is 48.0 Å². The summed E-state index contributed by atoms with van der Waals surface area (Å²) in [5.74, 6) is -0.261. The number of carbonyl (C=O) groups is 1. The van der Waals surface area contributed by atoms with Crippen LogP contribution in [0.2, 0.25) is 5.02 Å². The third-order valence-corrected chi connectivity index (χ3v) is 4.76. The molecule has 0 spiro atoms. The SMILES string of the molecule is O=C1NC(Nc2ccc(-c3ccc(F)cc3)cc2)N=CN1Cc1ccc(Cl)cc1. The van der Waals surface area contributed by atoms with E-state index in [9.17, 15) is 9.18 Å². The highest BCUT2D eigenvalue weighted by molar-refractivity contribution is 6.30. The highest BCUT2D eigenvalue weighted by atomic mass is 35.5. The second kappa shape index (κ2) is 8.32. The summed E-state index contributed by atoms with van der Waals surface area (Å²) in [5.41, 5.74) is 3.67. The lowest BCUT2D eigenvalue weighted by atomic mass is 10.1. The number of anilines is 1. The Morgan fingerprint density at radius 2 is 1.59 bits per heavy atom. The van der Waals surface area contributed by atoms with E-state index in [2.05, 4.69) is 15.6 Å². The van der Waals surface area contributed by atoms with E-state index in [-0.39, 0.29) is 11.8 Å². The summed E-state index contributed by atoms with van der Waals surface area (Å²) in [6.45, 7) is 0.408. The fraction of sp³-hybridized carbons (Fsp3) is 0.0909. The minimum absolute atomic E-state index is 0.240. The predicted octanol–water partition coefficient (Wildman–Crippen LogP) is 5.10. The van der Waals surface area contributed by atoms with E-state index in [1.165, 1.54) is 23.4 Å². The smallest absolute Gasteiger partial charge is 0.325 e. The van der Waals surface area contributed by atoms with Crippen LogP contribution in [0.1, 0.15) is 5.56 Å². The molecular weight excluding hydrogens is 391 g/mol. The van der Waals surface area contributed by atoms with Crippen molar-refractivity contribution in [3.8, 4) is 11.1 Å². The van der Waals surface area contributed by atoms with Crippen LogP contribution in [-0.2, 0) is 6.54 Å². The molecule has 2 N–H and O–H groups in total. The van der Waals surface area contributed by atoms with Crippen molar-refractivity contribution in [1.82, 2.24) is 10.2 Å². The van der Waals surface area contributed by atoms with Crippen LogP contribution in [0.4, 0.5) is 14.9 Å². The van der Waals surface area contributed by atoms with Crippen molar-refractivity contribution in [2.75, 3.05) is 5.32 Å². The molecule has 3 aromatic rings. The molecule has 0 fully saturated rings. The fourth-order valence-corrected chi connectivity index (χ4v) is 3.09. The third-order valence-electron chi connectivity index (χ3n) is 4.51. The number of hydrogen-bond donors (Lipinski definition) is 2. The van der Waals surface area contributed by atoms with Gasteiger partial charge in [-0.2, -0.15) is 0 Å². The van der Waals surface area contributed by atoms with Gasteiger partial charge in [-0.05, 0) is 53.1 Å². The maximum atomic E-state index is 13.1. The number of halogens is 2. The van der Waals surface area contributed by atoms with Crippen LogP contribution < -0.4 is 10.6 Å². The van der Waals surface area contributed by atoms with Crippen LogP contribution in [0, 0.1) is 5.82 Å². The number of nitrogens with one attached hydrogen (secondary N) is 2. The number of rotatable bonds is 5. The van der Waals surface area contributed by atoms with E-state index in [0.717, 1.165) is 22.4 Å². The first-order valence-electron chi connectivity index (χ1n) is 9.04. The summed E-state index contributed by atoms with van der Waals surface area (Å²) >= 11 is 5.89. The minimum Gasteiger partial charge on any atom is -0.347 e. The molecule has 29 heavy (non-hydrogen) atoms. The predicted molar refractivity (Wildman–Crippen MR) is 113 cm³/mol. The Labute approximate surface area is 172 Å². The van der Waals surface area contributed by atoms with Gasteiger partial charge in [0.2, 0.25) is 0 Å². The van der Waals surface area contributed by atoms with Gasteiger partial charge in [-0.25, -0.2) is 14.2 Å². The molecule has 4 rings (SSSR count). The van der Waals surface area contributed by atoms with E-state index in [1.54, 1.807) is 24.3 Å². The Bertz CT molecular complexity index is 1020. The van der Waals surface area contributed by atoms with E-state index < -0.39 is 6.29 Å². The van der Waals surface area contributed by atoms with Gasteiger partial charge in [-0.15, -0.1) is 0 Å². The Morgan fingerprint density at radius 3 is 2.21 bits per heavy atom. The van der Waals surface area contributed by atoms with Gasteiger partial charge in [0.05, 0.1) is 12.9 Å². The van der Waals surface area contributed by atoms with Crippen molar-refractivity contribution >= 4 is 29.7 Å². The molecule has 1 atom stereocenters. The molecule has 0 saturated carbocycles. The molecule has 5 nitrogen and oxygen atoms in total. The molecule has 1 aliphatic heterocycles. The average molecular weight is 409 g/mol. The summed E-state index contributed by atoms with van der Waals surface area (Å²) in [5, 5.41) is 6.62. The molecule has 7 heteroatoms. The molecule has 3 aromatic carbocycles. The largest absolute Gasteiger partial charge is 0.347 e. The lowest BCUT2D eigenvalue weighted by Crippen LogP contribution is -2.50. The minimum atomic E-state index is -0.555. The zero-order chi connectivity index (χ0) is 20.2. The Morgan fingerprint density at radius 1 is 0.966 bits per heavy atom. The molecule has 0 aliphatic carbocycles. The lowest BCUT2D eigenvalue weighted by molar-refractivity contribution is 0.214. The Hall–Kier alpha value is -3.38. The van der Waals surface area contributed by atoms with Crippen LogP contribution in [0.5, 0.6) is 0 Å². The molecule has 1 unspecified atom stereocenters. The van der Waals surface area contributed by atoms with Gasteiger partial charge in [0, 0.05) is 10.7 Å². The van der Waals surface area contributed by atoms with E-state index in [1.807, 2.05) is 36.4 Å². The summed E-state index contributed by atoms with van der Waals surface area (Å²) < 4.78 is 13.1. The van der Waals surface area contributed by atoms with E-state index >= 15 is 0 Å². The van der Waals surface area contributed by atoms with Gasteiger partial charge >= 0.3 is 6.03 Å². The molecule has 2 amide bonds. The van der Waals surface area contributed by atoms with Crippen molar-refractivity contribution < 1.29 is 9.18 Å². The maximum Gasteiger partial charge on any atom is 0.325 e. The van der Waals surface area contributed by atoms with Gasteiger partial charge in [-0.3, -0.25) is 10.2 Å². The topological polar surface area (TPSA) is 56.7 Å². The average Bonchev–Trinajstić information content (AvgIpc) is 2.73. The number of amides is 2. The second-order valence-corrected chi connectivity index (χ2v) is 7.04. The Kier molecular flexibility index (Phi) is 5.44. The number of carbonyl (C=O) groups excluding carboxylic acids is 1. The lowest BCUT2D eigenvalue weighted by Gasteiger charge is -2.27. The highest BCUT2D eigenvalue weighted by Crippen LogP contribution is 2.22. The normalized spacial score (nSPS) is 15.9. The summed E-state index contributed by atoms with van der Waals surface area (Å²) in [7, 11) is 0. The van der Waals surface area contributed by atoms with Crippen LogP contribution in [0.3, 0.4) is 0 Å². The Balaban J connectivity index is 1.38.